The average Bonchev–Trinajstić information content (AvgIpc) is 3.08. The molecule has 0 atom stereocenters. The maximum Gasteiger partial charge on any atom is 0.344 e. The summed E-state index contributed by atoms with van der Waals surface area (Å²) >= 11 is 6.09. The van der Waals surface area contributed by atoms with E-state index in [1.165, 1.54) is 25.1 Å². The van der Waals surface area contributed by atoms with E-state index in [9.17, 15) is 14.0 Å². The molecule has 4 aromatic rings. The van der Waals surface area contributed by atoms with Crippen molar-refractivity contribution in [3.8, 4) is 11.3 Å². The Balaban J connectivity index is 1.65. The molecule has 0 fully saturated rings. The highest BCUT2D eigenvalue weighted by Crippen LogP contribution is 2.33. The second-order valence-corrected chi connectivity index (χ2v) is 7.03. The second-order valence-electron chi connectivity index (χ2n) is 6.62. The molecule has 2 aromatic carbocycles. The van der Waals surface area contributed by atoms with E-state index >= 15 is 0 Å². The Morgan fingerprint density at radius 1 is 1.23 bits per heavy atom. The van der Waals surface area contributed by atoms with Gasteiger partial charge in [-0.05, 0) is 37.6 Å². The molecule has 0 amide bonds. The van der Waals surface area contributed by atoms with Gasteiger partial charge in [0.25, 0.3) is 5.56 Å². The average molecular weight is 428 g/mol. The Hall–Kier alpha value is -3.52. The number of nitrogens with one attached hydrogen (secondary N) is 1. The van der Waals surface area contributed by atoms with E-state index in [2.05, 4.69) is 15.1 Å². The number of aromatic nitrogens is 3. The fraction of sp³-hybridized carbons (Fsp3) is 0.143. The van der Waals surface area contributed by atoms with Gasteiger partial charge >= 0.3 is 5.97 Å². The fourth-order valence-corrected chi connectivity index (χ4v) is 3.39. The van der Waals surface area contributed by atoms with Crippen molar-refractivity contribution in [2.24, 2.45) is 0 Å². The number of rotatable bonds is 4. The monoisotopic (exact) mass is 427 g/mol. The molecule has 0 radical (unpaired) electrons. The molecule has 7 nitrogen and oxygen atoms in total. The number of aryl methyl sites for hydroxylation is 2. The van der Waals surface area contributed by atoms with Crippen LogP contribution in [-0.2, 0) is 11.3 Å². The number of carbonyl (C=O) groups is 1. The lowest BCUT2D eigenvalue weighted by Gasteiger charge is -2.08. The van der Waals surface area contributed by atoms with E-state index in [4.69, 9.17) is 20.9 Å². The Bertz CT molecular complexity index is 1330. The highest BCUT2D eigenvalue weighted by molar-refractivity contribution is 6.33. The maximum absolute atomic E-state index is 14.3. The van der Waals surface area contributed by atoms with Crippen molar-refractivity contribution < 1.29 is 18.4 Å². The quantitative estimate of drug-likeness (QED) is 0.486. The number of aromatic amines is 1. The van der Waals surface area contributed by atoms with Crippen molar-refractivity contribution in [3.63, 3.8) is 0 Å². The molecule has 0 unspecified atom stereocenters. The predicted molar refractivity (Wildman–Crippen MR) is 108 cm³/mol. The van der Waals surface area contributed by atoms with Gasteiger partial charge in [-0.15, -0.1) is 0 Å². The molecule has 0 bridgehead atoms. The van der Waals surface area contributed by atoms with Crippen LogP contribution in [-0.4, -0.2) is 21.1 Å². The number of carbonyl (C=O) groups excluding carboxylic acids is 1. The number of fused-ring (bicyclic) bond motifs is 1. The number of benzene rings is 2. The van der Waals surface area contributed by atoms with Crippen molar-refractivity contribution >= 4 is 28.5 Å². The zero-order chi connectivity index (χ0) is 21.4. The van der Waals surface area contributed by atoms with Crippen LogP contribution in [0.15, 0.2) is 45.7 Å². The number of esters is 1. The number of H-pyrrole nitrogens is 1. The largest absolute Gasteiger partial charge is 0.454 e. The fourth-order valence-electron chi connectivity index (χ4n) is 3.13. The van der Waals surface area contributed by atoms with E-state index in [1.807, 2.05) is 13.0 Å². The van der Waals surface area contributed by atoms with E-state index in [0.717, 1.165) is 5.56 Å². The van der Waals surface area contributed by atoms with Crippen LogP contribution < -0.4 is 5.56 Å². The lowest BCUT2D eigenvalue weighted by atomic mass is 10.1. The summed E-state index contributed by atoms with van der Waals surface area (Å²) in [6.07, 6.45) is 0. The molecule has 1 N–H and O–H groups in total. The summed E-state index contributed by atoms with van der Waals surface area (Å²) in [5, 5.41) is 4.29. The van der Waals surface area contributed by atoms with Crippen molar-refractivity contribution in [2.45, 2.75) is 20.5 Å². The number of hydrogen-bond donors (Lipinski definition) is 1. The molecule has 0 aliphatic carbocycles. The summed E-state index contributed by atoms with van der Waals surface area (Å²) in [7, 11) is 0. The minimum absolute atomic E-state index is 0.0543. The van der Waals surface area contributed by atoms with Gasteiger partial charge in [-0.1, -0.05) is 35.0 Å². The lowest BCUT2D eigenvalue weighted by Crippen LogP contribution is -2.15. The smallest absolute Gasteiger partial charge is 0.344 e. The topological polar surface area (TPSA) is 98.1 Å². The van der Waals surface area contributed by atoms with Gasteiger partial charge in [-0.3, -0.25) is 4.79 Å². The van der Waals surface area contributed by atoms with Gasteiger partial charge in [0.15, 0.2) is 0 Å². The minimum Gasteiger partial charge on any atom is -0.454 e. The van der Waals surface area contributed by atoms with Crippen molar-refractivity contribution in [1.29, 1.82) is 0 Å². The van der Waals surface area contributed by atoms with Crippen LogP contribution in [0.5, 0.6) is 0 Å². The molecule has 0 aliphatic heterocycles. The molecule has 30 heavy (non-hydrogen) atoms. The van der Waals surface area contributed by atoms with E-state index in [0.29, 0.717) is 10.9 Å². The maximum atomic E-state index is 14.3. The van der Waals surface area contributed by atoms with Gasteiger partial charge < -0.3 is 14.2 Å². The number of hydrogen-bond acceptors (Lipinski definition) is 6. The molecule has 0 saturated heterocycles. The van der Waals surface area contributed by atoms with Crippen LogP contribution in [0.4, 0.5) is 4.39 Å². The third-order valence-corrected chi connectivity index (χ3v) is 4.91. The van der Waals surface area contributed by atoms with Crippen LogP contribution in [0.2, 0.25) is 5.02 Å². The van der Waals surface area contributed by atoms with Gasteiger partial charge in [0.05, 0.1) is 21.5 Å². The molecular weight excluding hydrogens is 413 g/mol. The lowest BCUT2D eigenvalue weighted by molar-refractivity contribution is 0.0461. The summed E-state index contributed by atoms with van der Waals surface area (Å²) in [4.78, 5) is 32.0. The molecule has 0 spiro atoms. The van der Waals surface area contributed by atoms with Crippen LogP contribution in [0.25, 0.3) is 22.2 Å². The summed E-state index contributed by atoms with van der Waals surface area (Å²) in [6, 6.07) is 9.37. The second kappa shape index (κ2) is 7.72. The molecule has 2 heterocycles. The van der Waals surface area contributed by atoms with E-state index in [1.54, 1.807) is 12.1 Å². The van der Waals surface area contributed by atoms with E-state index in [-0.39, 0.29) is 45.6 Å². The number of nitrogens with zero attached hydrogens (tertiary/aromatic N) is 2. The van der Waals surface area contributed by atoms with Crippen molar-refractivity contribution in [3.05, 3.63) is 80.3 Å². The highest BCUT2D eigenvalue weighted by Gasteiger charge is 2.26. The summed E-state index contributed by atoms with van der Waals surface area (Å²) in [5.74, 6) is -1.14. The molecule has 4 rings (SSSR count). The number of para-hydroxylation sites is 1. The van der Waals surface area contributed by atoms with Crippen LogP contribution in [0, 0.1) is 19.7 Å². The van der Waals surface area contributed by atoms with Crippen LogP contribution in [0.1, 0.15) is 27.5 Å². The Morgan fingerprint density at radius 3 is 2.77 bits per heavy atom. The predicted octanol–water partition coefficient (Wildman–Crippen LogP) is 4.34. The molecular formula is C21H15ClFN3O4. The van der Waals surface area contributed by atoms with Crippen molar-refractivity contribution in [2.75, 3.05) is 0 Å². The molecule has 152 valence electrons. The SMILES string of the molecule is Cc1onc(-c2c(F)cccc2Cl)c1C(=O)OCc1nc2c(C)cccc2c(=O)[nH]1. The minimum atomic E-state index is -0.810. The summed E-state index contributed by atoms with van der Waals surface area (Å²) in [5.41, 5.74) is 0.827. The third kappa shape index (κ3) is 3.46. The molecule has 9 heteroatoms. The van der Waals surface area contributed by atoms with Gasteiger partial charge in [-0.2, -0.15) is 0 Å². The van der Waals surface area contributed by atoms with Gasteiger partial charge in [-0.25, -0.2) is 14.2 Å². The summed E-state index contributed by atoms with van der Waals surface area (Å²) in [6.45, 7) is 3.03. The first-order chi connectivity index (χ1) is 14.4. The third-order valence-electron chi connectivity index (χ3n) is 4.59. The van der Waals surface area contributed by atoms with Crippen LogP contribution in [0.3, 0.4) is 0 Å². The zero-order valence-electron chi connectivity index (χ0n) is 16.0. The van der Waals surface area contributed by atoms with Gasteiger partial charge in [0.2, 0.25) is 0 Å². The first-order valence-corrected chi connectivity index (χ1v) is 9.31. The molecule has 2 aromatic heterocycles. The highest BCUT2D eigenvalue weighted by atomic mass is 35.5. The first kappa shape index (κ1) is 19.8. The van der Waals surface area contributed by atoms with Crippen molar-refractivity contribution in [1.82, 2.24) is 15.1 Å². The van der Waals surface area contributed by atoms with Crippen LogP contribution >= 0.6 is 11.6 Å². The number of ether oxygens (including phenoxy) is 1. The van der Waals surface area contributed by atoms with Gasteiger partial charge in [0, 0.05) is 0 Å². The molecule has 0 aliphatic rings. The first-order valence-electron chi connectivity index (χ1n) is 8.93. The number of halogens is 2. The zero-order valence-corrected chi connectivity index (χ0v) is 16.7. The summed E-state index contributed by atoms with van der Waals surface area (Å²) < 4.78 is 24.7. The standard InChI is InChI=1S/C21H15ClFN3O4/c1-10-5-3-6-12-18(10)24-15(25-20(12)27)9-29-21(28)16-11(2)30-26-19(16)17-13(22)7-4-8-14(17)23/h3-8H,9H2,1-2H3,(H,24,25,27). The normalized spacial score (nSPS) is 11.1. The Morgan fingerprint density at radius 2 is 2.00 bits per heavy atom. The Labute approximate surface area is 174 Å². The van der Waals surface area contributed by atoms with Gasteiger partial charge in [0.1, 0.15) is 35.3 Å². The Kier molecular flexibility index (Phi) is 5.09. The molecule has 0 saturated carbocycles. The van der Waals surface area contributed by atoms with E-state index < -0.39 is 11.8 Å².